The number of amides is 1. The highest BCUT2D eigenvalue weighted by Crippen LogP contribution is 2.37. The third-order valence-corrected chi connectivity index (χ3v) is 6.91. The van der Waals surface area contributed by atoms with Crippen LogP contribution in [0.15, 0.2) is 36.5 Å². The van der Waals surface area contributed by atoms with Gasteiger partial charge in [-0.3, -0.25) is 19.8 Å². The molecule has 0 aliphatic carbocycles. The number of nitro benzene ring substituents is 1. The van der Waals surface area contributed by atoms with Crippen molar-refractivity contribution < 1.29 is 22.9 Å². The lowest BCUT2D eigenvalue weighted by Crippen LogP contribution is -2.47. The van der Waals surface area contributed by atoms with Crippen molar-refractivity contribution >= 4 is 34.7 Å². The van der Waals surface area contributed by atoms with Crippen LogP contribution in [0, 0.1) is 10.1 Å². The molecule has 0 unspecified atom stereocenters. The second-order valence-electron chi connectivity index (χ2n) is 9.22. The third-order valence-electron chi connectivity index (χ3n) is 6.68. The number of aromatic nitrogens is 1. The molecule has 2 aliphatic rings. The molecule has 200 valence electrons. The minimum atomic E-state index is -4.84. The number of nitrogens with zero attached hydrogens (tertiary/aromatic N) is 5. The number of hydrogen-bond donors (Lipinski definition) is 1. The summed E-state index contributed by atoms with van der Waals surface area (Å²) < 4.78 is 39.7. The topological polar surface area (TPSA) is 94.9 Å². The van der Waals surface area contributed by atoms with Crippen molar-refractivity contribution in [1.82, 2.24) is 14.8 Å². The minimum absolute atomic E-state index is 0.0213. The Labute approximate surface area is 217 Å². The highest BCUT2D eigenvalue weighted by Gasteiger charge is 2.38. The fourth-order valence-corrected chi connectivity index (χ4v) is 4.83. The van der Waals surface area contributed by atoms with Gasteiger partial charge >= 0.3 is 6.18 Å². The molecule has 0 saturated carbocycles. The van der Waals surface area contributed by atoms with Crippen molar-refractivity contribution in [3.63, 3.8) is 0 Å². The molecular weight excluding hydrogens is 513 g/mol. The number of alkyl halides is 3. The van der Waals surface area contributed by atoms with Crippen LogP contribution < -0.4 is 10.2 Å². The maximum absolute atomic E-state index is 13.2. The fraction of sp³-hybridized carbons (Fsp3) is 0.500. The zero-order valence-corrected chi connectivity index (χ0v) is 20.8. The van der Waals surface area contributed by atoms with Crippen LogP contribution in [0.1, 0.15) is 24.8 Å². The van der Waals surface area contributed by atoms with Crippen molar-refractivity contribution in [2.24, 2.45) is 0 Å². The molecule has 2 aliphatic heterocycles. The first-order valence-electron chi connectivity index (χ1n) is 12.1. The van der Waals surface area contributed by atoms with Gasteiger partial charge in [0, 0.05) is 69.7 Å². The average molecular weight is 541 g/mol. The van der Waals surface area contributed by atoms with Gasteiger partial charge in [-0.15, -0.1) is 0 Å². The van der Waals surface area contributed by atoms with E-state index < -0.39 is 22.4 Å². The second kappa shape index (κ2) is 11.5. The van der Waals surface area contributed by atoms with E-state index in [9.17, 15) is 28.1 Å². The number of piperazine rings is 1. The number of nitro groups is 1. The highest BCUT2D eigenvalue weighted by molar-refractivity contribution is 6.30. The SMILES string of the molecule is O=C(CCCN1CCN(c2ccc(Cl)cn2)CC1)N1CC[C@H](Nc2ccc([N+](=O)[O-])c(C(F)(F)F)c2)C1. The Morgan fingerprint density at radius 2 is 1.92 bits per heavy atom. The van der Waals surface area contributed by atoms with Gasteiger partial charge in [0.2, 0.25) is 5.91 Å². The van der Waals surface area contributed by atoms with Gasteiger partial charge in [-0.1, -0.05) is 11.6 Å². The van der Waals surface area contributed by atoms with Crippen LogP contribution in [-0.2, 0) is 11.0 Å². The molecule has 2 aromatic rings. The molecule has 4 rings (SSSR count). The van der Waals surface area contributed by atoms with Gasteiger partial charge in [-0.05, 0) is 43.7 Å². The third kappa shape index (κ3) is 7.01. The number of anilines is 2. The predicted molar refractivity (Wildman–Crippen MR) is 134 cm³/mol. The van der Waals surface area contributed by atoms with Gasteiger partial charge in [-0.25, -0.2) is 4.98 Å². The zero-order chi connectivity index (χ0) is 26.6. The van der Waals surface area contributed by atoms with Crippen molar-refractivity contribution in [1.29, 1.82) is 0 Å². The summed E-state index contributed by atoms with van der Waals surface area (Å²) in [5.74, 6) is 0.924. The molecular formula is C24H28ClF3N6O3. The molecule has 1 aromatic carbocycles. The number of halogens is 4. The summed E-state index contributed by atoms with van der Waals surface area (Å²) in [4.78, 5) is 33.2. The van der Waals surface area contributed by atoms with Gasteiger partial charge in [0.15, 0.2) is 0 Å². The summed E-state index contributed by atoms with van der Waals surface area (Å²) >= 11 is 5.90. The van der Waals surface area contributed by atoms with E-state index in [-0.39, 0.29) is 17.6 Å². The van der Waals surface area contributed by atoms with E-state index in [0.29, 0.717) is 31.0 Å². The summed E-state index contributed by atoms with van der Waals surface area (Å²) in [6.07, 6.45) is -1.48. The first kappa shape index (κ1) is 26.9. The summed E-state index contributed by atoms with van der Waals surface area (Å²) in [6.45, 7) is 5.16. The predicted octanol–water partition coefficient (Wildman–Crippen LogP) is 4.28. The summed E-state index contributed by atoms with van der Waals surface area (Å²) in [5.41, 5.74) is -2.13. The Bertz CT molecular complexity index is 1110. The van der Waals surface area contributed by atoms with E-state index in [2.05, 4.69) is 20.1 Å². The molecule has 1 N–H and O–H groups in total. The highest BCUT2D eigenvalue weighted by atomic mass is 35.5. The van der Waals surface area contributed by atoms with Crippen molar-refractivity contribution in [2.45, 2.75) is 31.5 Å². The molecule has 13 heteroatoms. The Hall–Kier alpha value is -3.12. The van der Waals surface area contributed by atoms with Crippen LogP contribution in [0.25, 0.3) is 0 Å². The molecule has 0 bridgehead atoms. The van der Waals surface area contributed by atoms with Crippen molar-refractivity contribution in [2.75, 3.05) is 56.0 Å². The summed E-state index contributed by atoms with van der Waals surface area (Å²) in [5, 5.41) is 14.5. The van der Waals surface area contributed by atoms with Gasteiger partial charge in [0.1, 0.15) is 11.4 Å². The van der Waals surface area contributed by atoms with Crippen LogP contribution in [0.3, 0.4) is 0 Å². The van der Waals surface area contributed by atoms with Gasteiger partial charge in [0.05, 0.1) is 9.95 Å². The van der Waals surface area contributed by atoms with E-state index in [1.165, 1.54) is 6.07 Å². The fourth-order valence-electron chi connectivity index (χ4n) is 4.72. The van der Waals surface area contributed by atoms with Crippen LogP contribution in [0.5, 0.6) is 0 Å². The normalized spacial score (nSPS) is 18.8. The van der Waals surface area contributed by atoms with Crippen LogP contribution >= 0.6 is 11.6 Å². The molecule has 1 aromatic heterocycles. The van der Waals surface area contributed by atoms with E-state index >= 15 is 0 Å². The first-order chi connectivity index (χ1) is 17.6. The van der Waals surface area contributed by atoms with Crippen LogP contribution in [0.2, 0.25) is 5.02 Å². The lowest BCUT2D eigenvalue weighted by molar-refractivity contribution is -0.388. The van der Waals surface area contributed by atoms with Crippen molar-refractivity contribution in [3.05, 3.63) is 57.2 Å². The van der Waals surface area contributed by atoms with E-state index in [1.54, 1.807) is 11.1 Å². The number of benzene rings is 1. The monoisotopic (exact) mass is 540 g/mol. The number of likely N-dealkylation sites (tertiary alicyclic amines) is 1. The molecule has 2 fully saturated rings. The van der Waals surface area contributed by atoms with E-state index in [0.717, 1.165) is 57.1 Å². The van der Waals surface area contributed by atoms with Crippen LogP contribution in [-0.4, -0.2) is 77.5 Å². The first-order valence-corrected chi connectivity index (χ1v) is 12.5. The van der Waals surface area contributed by atoms with Gasteiger partial charge < -0.3 is 15.1 Å². The molecule has 1 amide bonds. The van der Waals surface area contributed by atoms with Gasteiger partial charge in [0.25, 0.3) is 5.69 Å². The maximum atomic E-state index is 13.2. The molecule has 0 spiro atoms. The van der Waals surface area contributed by atoms with Crippen molar-refractivity contribution in [3.8, 4) is 0 Å². The van der Waals surface area contributed by atoms with E-state index in [4.69, 9.17) is 11.6 Å². The zero-order valence-electron chi connectivity index (χ0n) is 20.1. The lowest BCUT2D eigenvalue weighted by Gasteiger charge is -2.35. The van der Waals surface area contributed by atoms with Gasteiger partial charge in [-0.2, -0.15) is 13.2 Å². The van der Waals surface area contributed by atoms with Crippen LogP contribution in [0.4, 0.5) is 30.4 Å². The quantitative estimate of drug-likeness (QED) is 0.394. The standard InChI is InChI=1S/C24H28ClF3N6O3/c25-17-3-6-22(29-15-17)32-12-10-31(11-13-32)8-1-2-23(35)33-9-7-19(16-33)30-18-4-5-21(34(36)37)20(14-18)24(26,27)28/h3-6,14-15,19,30H,1-2,7-13,16H2/t19-/m0/s1. The largest absolute Gasteiger partial charge is 0.423 e. The number of nitrogens with one attached hydrogen (secondary N) is 1. The molecule has 3 heterocycles. The Morgan fingerprint density at radius 3 is 2.57 bits per heavy atom. The minimum Gasteiger partial charge on any atom is -0.380 e. The number of pyridine rings is 1. The number of carbonyl (C=O) groups excluding carboxylic acids is 1. The maximum Gasteiger partial charge on any atom is 0.423 e. The average Bonchev–Trinajstić information content (AvgIpc) is 3.33. The molecule has 2 saturated heterocycles. The lowest BCUT2D eigenvalue weighted by atomic mass is 10.1. The molecule has 9 nitrogen and oxygen atoms in total. The Balaban J connectivity index is 1.19. The number of hydrogen-bond acceptors (Lipinski definition) is 7. The molecule has 1 atom stereocenters. The Kier molecular flexibility index (Phi) is 8.38. The second-order valence-corrected chi connectivity index (χ2v) is 9.66. The van der Waals surface area contributed by atoms with E-state index in [1.807, 2.05) is 12.1 Å². The smallest absolute Gasteiger partial charge is 0.380 e. The Morgan fingerprint density at radius 1 is 1.16 bits per heavy atom. The summed E-state index contributed by atoms with van der Waals surface area (Å²) in [6, 6.07) is 6.39. The summed E-state index contributed by atoms with van der Waals surface area (Å²) in [7, 11) is 0. The molecule has 37 heavy (non-hydrogen) atoms. The number of carbonyl (C=O) groups is 1. The number of rotatable bonds is 8. The molecule has 0 radical (unpaired) electrons.